The SMILES string of the molecule is Cn1cnc(COc2cc(NC(=O)O)nc(S(C)(=O)=O)n2)n1. The minimum Gasteiger partial charge on any atom is -0.469 e. The molecule has 2 heterocycles. The van der Waals surface area contributed by atoms with Crippen LogP contribution in [0.1, 0.15) is 5.82 Å². The van der Waals surface area contributed by atoms with Gasteiger partial charge in [-0.05, 0) is 0 Å². The summed E-state index contributed by atoms with van der Waals surface area (Å²) in [6.45, 7) is -0.0619. The summed E-state index contributed by atoms with van der Waals surface area (Å²) in [5.74, 6) is 0.0216. The van der Waals surface area contributed by atoms with Crippen molar-refractivity contribution in [3.05, 3.63) is 18.2 Å². The number of aryl methyl sites for hydroxylation is 1. The third-order valence-corrected chi connectivity index (χ3v) is 3.09. The summed E-state index contributed by atoms with van der Waals surface area (Å²) in [7, 11) is -2.05. The predicted molar refractivity (Wildman–Crippen MR) is 72.1 cm³/mol. The number of hydrogen-bond acceptors (Lipinski definition) is 8. The highest BCUT2D eigenvalue weighted by atomic mass is 32.2. The molecule has 0 aromatic carbocycles. The molecule has 0 aliphatic heterocycles. The lowest BCUT2D eigenvalue weighted by Gasteiger charge is -2.07. The van der Waals surface area contributed by atoms with E-state index in [1.807, 2.05) is 5.32 Å². The van der Waals surface area contributed by atoms with Crippen molar-refractivity contribution in [2.75, 3.05) is 11.6 Å². The van der Waals surface area contributed by atoms with Gasteiger partial charge in [0.05, 0.1) is 0 Å². The van der Waals surface area contributed by atoms with E-state index in [1.165, 1.54) is 11.0 Å². The summed E-state index contributed by atoms with van der Waals surface area (Å²) >= 11 is 0. The van der Waals surface area contributed by atoms with Gasteiger partial charge in [0.2, 0.25) is 15.7 Å². The zero-order chi connectivity index (χ0) is 16.3. The van der Waals surface area contributed by atoms with Gasteiger partial charge in [0.1, 0.15) is 12.1 Å². The Morgan fingerprint density at radius 3 is 2.73 bits per heavy atom. The Morgan fingerprint density at radius 2 is 2.18 bits per heavy atom. The third kappa shape index (κ3) is 4.12. The molecular weight excluding hydrogens is 316 g/mol. The maximum absolute atomic E-state index is 11.5. The van der Waals surface area contributed by atoms with Gasteiger partial charge in [0, 0.05) is 19.4 Å². The monoisotopic (exact) mass is 328 g/mol. The standard InChI is InChI=1S/C10H12N6O5S/c1-16-5-11-7(15-16)4-21-8-3-6(13-10(17)18)12-9(14-8)22(2,19)20/h3,5H,4H2,1-2H3,(H,17,18)(H,12,13,14). The number of aromatic nitrogens is 5. The number of rotatable bonds is 5. The van der Waals surface area contributed by atoms with Gasteiger partial charge >= 0.3 is 6.09 Å². The van der Waals surface area contributed by atoms with Gasteiger partial charge in [-0.15, -0.1) is 0 Å². The second-order valence-electron chi connectivity index (χ2n) is 4.20. The number of carboxylic acid groups (broad SMARTS) is 1. The molecule has 0 fully saturated rings. The predicted octanol–water partition coefficient (Wildman–Crippen LogP) is -0.323. The first kappa shape index (κ1) is 15.6. The van der Waals surface area contributed by atoms with Crippen LogP contribution in [0, 0.1) is 0 Å². The summed E-state index contributed by atoms with van der Waals surface area (Å²) in [5.41, 5.74) is 0. The number of nitrogens with zero attached hydrogens (tertiary/aromatic N) is 5. The van der Waals surface area contributed by atoms with Crippen molar-refractivity contribution in [3.63, 3.8) is 0 Å². The van der Waals surface area contributed by atoms with Crippen LogP contribution in [-0.4, -0.2) is 50.6 Å². The maximum atomic E-state index is 11.5. The Labute approximate surface area is 124 Å². The first-order valence-corrected chi connectivity index (χ1v) is 7.69. The second-order valence-corrected chi connectivity index (χ2v) is 6.11. The van der Waals surface area contributed by atoms with E-state index in [-0.39, 0.29) is 18.3 Å². The average Bonchev–Trinajstić information content (AvgIpc) is 2.80. The van der Waals surface area contributed by atoms with E-state index in [0.717, 1.165) is 12.3 Å². The van der Waals surface area contributed by atoms with E-state index in [9.17, 15) is 13.2 Å². The Hall–Kier alpha value is -2.76. The molecule has 0 bridgehead atoms. The molecule has 22 heavy (non-hydrogen) atoms. The number of sulfone groups is 1. The summed E-state index contributed by atoms with van der Waals surface area (Å²) in [5, 5.41) is 14.0. The zero-order valence-corrected chi connectivity index (χ0v) is 12.4. The van der Waals surface area contributed by atoms with Gasteiger partial charge in [-0.3, -0.25) is 10.00 Å². The van der Waals surface area contributed by atoms with Gasteiger partial charge in [-0.1, -0.05) is 0 Å². The molecule has 0 aliphatic carbocycles. The van der Waals surface area contributed by atoms with Crippen LogP contribution in [0.15, 0.2) is 17.6 Å². The van der Waals surface area contributed by atoms with Crippen molar-refractivity contribution in [1.82, 2.24) is 24.7 Å². The Balaban J connectivity index is 2.27. The first-order chi connectivity index (χ1) is 10.2. The smallest absolute Gasteiger partial charge is 0.410 e. The molecule has 2 aromatic heterocycles. The third-order valence-electron chi connectivity index (χ3n) is 2.24. The first-order valence-electron chi connectivity index (χ1n) is 5.80. The molecule has 0 atom stereocenters. The lowest BCUT2D eigenvalue weighted by Crippen LogP contribution is -2.13. The van der Waals surface area contributed by atoms with E-state index in [2.05, 4.69) is 20.1 Å². The van der Waals surface area contributed by atoms with Crippen molar-refractivity contribution in [2.24, 2.45) is 7.05 Å². The highest BCUT2D eigenvalue weighted by Crippen LogP contribution is 2.17. The molecule has 1 amide bonds. The molecule has 118 valence electrons. The number of anilines is 1. The van der Waals surface area contributed by atoms with Crippen molar-refractivity contribution in [2.45, 2.75) is 11.8 Å². The van der Waals surface area contributed by atoms with Gasteiger partial charge < -0.3 is 9.84 Å². The van der Waals surface area contributed by atoms with Crippen LogP contribution in [0.3, 0.4) is 0 Å². The Kier molecular flexibility index (Phi) is 4.21. The van der Waals surface area contributed by atoms with Crippen LogP contribution in [0.25, 0.3) is 0 Å². The van der Waals surface area contributed by atoms with Crippen molar-refractivity contribution < 1.29 is 23.1 Å². The van der Waals surface area contributed by atoms with Gasteiger partial charge in [-0.2, -0.15) is 10.1 Å². The molecule has 0 spiro atoms. The second kappa shape index (κ2) is 5.93. The number of nitrogens with one attached hydrogen (secondary N) is 1. The van der Waals surface area contributed by atoms with Gasteiger partial charge in [-0.25, -0.2) is 23.2 Å². The average molecular weight is 328 g/mol. The van der Waals surface area contributed by atoms with Crippen LogP contribution in [0.5, 0.6) is 5.88 Å². The molecule has 2 rings (SSSR count). The number of amides is 1. The van der Waals surface area contributed by atoms with E-state index < -0.39 is 21.1 Å². The van der Waals surface area contributed by atoms with Gasteiger partial charge in [0.15, 0.2) is 12.4 Å². The molecule has 0 saturated carbocycles. The molecule has 0 radical (unpaired) electrons. The van der Waals surface area contributed by atoms with Gasteiger partial charge in [0.25, 0.3) is 5.16 Å². The fourth-order valence-corrected chi connectivity index (χ4v) is 1.93. The highest BCUT2D eigenvalue weighted by molar-refractivity contribution is 7.90. The molecule has 0 unspecified atom stereocenters. The lowest BCUT2D eigenvalue weighted by molar-refractivity contribution is 0.209. The lowest BCUT2D eigenvalue weighted by atomic mass is 10.5. The summed E-state index contributed by atoms with van der Waals surface area (Å²) in [6, 6.07) is 1.16. The highest BCUT2D eigenvalue weighted by Gasteiger charge is 2.16. The molecule has 0 aliphatic rings. The molecule has 12 heteroatoms. The quantitative estimate of drug-likeness (QED) is 0.704. The van der Waals surface area contributed by atoms with E-state index in [4.69, 9.17) is 9.84 Å². The Morgan fingerprint density at radius 1 is 1.45 bits per heavy atom. The van der Waals surface area contributed by atoms with E-state index in [1.54, 1.807) is 7.05 Å². The zero-order valence-electron chi connectivity index (χ0n) is 11.6. The minimum absolute atomic E-state index is 0.0619. The molecule has 0 saturated heterocycles. The Bertz CT molecular complexity index is 802. The maximum Gasteiger partial charge on any atom is 0.410 e. The summed E-state index contributed by atoms with van der Waals surface area (Å²) < 4.78 is 29.8. The van der Waals surface area contributed by atoms with Crippen LogP contribution in [0.2, 0.25) is 0 Å². The number of ether oxygens (including phenoxy) is 1. The van der Waals surface area contributed by atoms with Crippen molar-refractivity contribution in [3.8, 4) is 5.88 Å². The topological polar surface area (TPSA) is 149 Å². The number of hydrogen-bond donors (Lipinski definition) is 2. The summed E-state index contributed by atoms with van der Waals surface area (Å²) in [6.07, 6.45) is 0.977. The van der Waals surface area contributed by atoms with Crippen LogP contribution in [-0.2, 0) is 23.5 Å². The molecule has 2 aromatic rings. The summed E-state index contributed by atoms with van der Waals surface area (Å²) in [4.78, 5) is 21.9. The fraction of sp³-hybridized carbons (Fsp3) is 0.300. The minimum atomic E-state index is -3.73. The molecular formula is C10H12N6O5S. The molecule has 2 N–H and O–H groups in total. The normalized spacial score (nSPS) is 11.2. The fourth-order valence-electron chi connectivity index (χ4n) is 1.41. The van der Waals surface area contributed by atoms with Crippen molar-refractivity contribution in [1.29, 1.82) is 0 Å². The van der Waals surface area contributed by atoms with Crippen molar-refractivity contribution >= 4 is 21.7 Å². The largest absolute Gasteiger partial charge is 0.469 e. The van der Waals surface area contributed by atoms with E-state index in [0.29, 0.717) is 5.82 Å². The molecule has 11 nitrogen and oxygen atoms in total. The van der Waals surface area contributed by atoms with E-state index >= 15 is 0 Å². The van der Waals surface area contributed by atoms with Crippen LogP contribution >= 0.6 is 0 Å². The van der Waals surface area contributed by atoms with Crippen LogP contribution < -0.4 is 10.1 Å². The number of carbonyl (C=O) groups is 1. The van der Waals surface area contributed by atoms with Crippen LogP contribution in [0.4, 0.5) is 10.6 Å².